The first kappa shape index (κ1) is 20.1. The van der Waals surface area contributed by atoms with Crippen molar-refractivity contribution in [3.8, 4) is 17.2 Å². The van der Waals surface area contributed by atoms with Crippen LogP contribution >= 0.6 is 0 Å². The number of aryl methyl sites for hydroxylation is 1. The van der Waals surface area contributed by atoms with Gasteiger partial charge in [-0.25, -0.2) is 0 Å². The van der Waals surface area contributed by atoms with Crippen LogP contribution in [0.15, 0.2) is 36.4 Å². The van der Waals surface area contributed by atoms with Gasteiger partial charge in [-0.2, -0.15) is 0 Å². The molecule has 0 aliphatic rings. The van der Waals surface area contributed by atoms with Crippen LogP contribution in [0.2, 0.25) is 0 Å². The topological polar surface area (TPSA) is 77.1 Å². The van der Waals surface area contributed by atoms with Crippen LogP contribution in [0.25, 0.3) is 0 Å². The minimum atomic E-state index is -0.757. The average molecular weight is 372 g/mol. The number of anilines is 2. The lowest BCUT2D eigenvalue weighted by atomic mass is 10.2. The third-order valence-corrected chi connectivity index (χ3v) is 3.99. The molecule has 27 heavy (non-hydrogen) atoms. The average Bonchev–Trinajstić information content (AvgIpc) is 2.67. The van der Waals surface area contributed by atoms with Crippen molar-refractivity contribution in [2.45, 2.75) is 13.8 Å². The Morgan fingerprint density at radius 2 is 1.63 bits per heavy atom. The number of nitrogens with one attached hydrogen (secondary N) is 1. The molecule has 0 aliphatic heterocycles. The minimum Gasteiger partial charge on any atom is -0.493 e. The van der Waals surface area contributed by atoms with Gasteiger partial charge in [0, 0.05) is 30.1 Å². The Morgan fingerprint density at radius 3 is 2.11 bits per heavy atom. The maximum atomic E-state index is 12.6. The molecular formula is C20H24N2O5. The van der Waals surface area contributed by atoms with Gasteiger partial charge in [0.1, 0.15) is 0 Å². The summed E-state index contributed by atoms with van der Waals surface area (Å²) < 4.78 is 15.8. The summed E-state index contributed by atoms with van der Waals surface area (Å²) in [5.74, 6) is -0.250. The lowest BCUT2D eigenvalue weighted by Gasteiger charge is -2.21. The van der Waals surface area contributed by atoms with Gasteiger partial charge in [0.15, 0.2) is 11.5 Å². The Kier molecular flexibility index (Phi) is 6.65. The van der Waals surface area contributed by atoms with Gasteiger partial charge in [0.05, 0.1) is 21.3 Å². The van der Waals surface area contributed by atoms with Crippen LogP contribution < -0.4 is 24.4 Å². The van der Waals surface area contributed by atoms with Crippen molar-refractivity contribution < 1.29 is 23.8 Å². The molecule has 7 nitrogen and oxygen atoms in total. The third-order valence-electron chi connectivity index (χ3n) is 3.99. The Labute approximate surface area is 158 Å². The zero-order valence-electron chi connectivity index (χ0n) is 16.2. The maximum absolute atomic E-state index is 12.6. The zero-order valence-corrected chi connectivity index (χ0v) is 16.2. The number of methoxy groups -OCH3 is 3. The van der Waals surface area contributed by atoms with E-state index in [4.69, 9.17) is 14.2 Å². The van der Waals surface area contributed by atoms with Crippen molar-refractivity contribution in [3.05, 3.63) is 42.0 Å². The first-order valence-electron chi connectivity index (χ1n) is 8.44. The van der Waals surface area contributed by atoms with Gasteiger partial charge in [-0.3, -0.25) is 9.59 Å². The molecule has 144 valence electrons. The summed E-state index contributed by atoms with van der Waals surface area (Å²) >= 11 is 0. The number of benzene rings is 2. The maximum Gasteiger partial charge on any atom is 0.316 e. The number of amides is 2. The van der Waals surface area contributed by atoms with E-state index in [0.717, 1.165) is 5.56 Å². The van der Waals surface area contributed by atoms with E-state index >= 15 is 0 Å². The molecule has 2 aromatic rings. The summed E-state index contributed by atoms with van der Waals surface area (Å²) in [7, 11) is 4.44. The predicted octanol–water partition coefficient (Wildman–Crippen LogP) is 3.01. The number of carbonyl (C=O) groups is 2. The fraction of sp³-hybridized carbons (Fsp3) is 0.300. The summed E-state index contributed by atoms with van der Waals surface area (Å²) in [6.45, 7) is 4.11. The molecule has 0 aromatic heterocycles. The van der Waals surface area contributed by atoms with Crippen LogP contribution in [-0.2, 0) is 9.59 Å². The number of nitrogens with zero attached hydrogens (tertiary/aromatic N) is 1. The molecule has 0 bridgehead atoms. The summed E-state index contributed by atoms with van der Waals surface area (Å²) in [5.41, 5.74) is 2.04. The van der Waals surface area contributed by atoms with Crippen LogP contribution in [0.3, 0.4) is 0 Å². The van der Waals surface area contributed by atoms with Gasteiger partial charge < -0.3 is 24.4 Å². The highest BCUT2D eigenvalue weighted by Gasteiger charge is 2.23. The number of hydrogen-bond donors (Lipinski definition) is 1. The van der Waals surface area contributed by atoms with E-state index in [1.54, 1.807) is 18.2 Å². The number of rotatable bonds is 6. The van der Waals surface area contributed by atoms with Gasteiger partial charge in [-0.05, 0) is 31.5 Å². The Hall–Kier alpha value is -3.22. The van der Waals surface area contributed by atoms with E-state index in [1.165, 1.54) is 26.2 Å². The van der Waals surface area contributed by atoms with Crippen LogP contribution in [0.4, 0.5) is 11.4 Å². The molecule has 0 unspecified atom stereocenters. The van der Waals surface area contributed by atoms with E-state index in [2.05, 4.69) is 5.32 Å². The van der Waals surface area contributed by atoms with Crippen molar-refractivity contribution in [1.82, 2.24) is 0 Å². The second kappa shape index (κ2) is 8.93. The first-order valence-corrected chi connectivity index (χ1v) is 8.44. The number of ether oxygens (including phenoxy) is 3. The standard InChI is InChI=1S/C20H24N2O5/c1-6-22(15-9-7-8-13(2)10-15)20(24)19(23)21-14-11-16(25-3)18(27-5)17(12-14)26-4/h7-12H,6H2,1-5H3,(H,21,23). The van der Waals surface area contributed by atoms with E-state index < -0.39 is 11.8 Å². The highest BCUT2D eigenvalue weighted by atomic mass is 16.5. The number of carbonyl (C=O) groups excluding carboxylic acids is 2. The van der Waals surface area contributed by atoms with Crippen molar-refractivity contribution in [3.63, 3.8) is 0 Å². The second-order valence-corrected chi connectivity index (χ2v) is 5.76. The van der Waals surface area contributed by atoms with E-state index in [1.807, 2.05) is 32.0 Å². The summed E-state index contributed by atoms with van der Waals surface area (Å²) in [5, 5.41) is 2.60. The third kappa shape index (κ3) is 4.49. The lowest BCUT2D eigenvalue weighted by molar-refractivity contribution is -0.134. The Balaban J connectivity index is 2.26. The lowest BCUT2D eigenvalue weighted by Crippen LogP contribution is -2.39. The molecule has 2 amide bonds. The molecule has 2 aromatic carbocycles. The van der Waals surface area contributed by atoms with Gasteiger partial charge in [0.2, 0.25) is 5.75 Å². The van der Waals surface area contributed by atoms with Gasteiger partial charge in [0.25, 0.3) is 0 Å². The summed E-state index contributed by atoms with van der Waals surface area (Å²) in [6, 6.07) is 10.6. The van der Waals surface area contributed by atoms with Crippen LogP contribution in [0.1, 0.15) is 12.5 Å². The molecule has 0 aliphatic carbocycles. The molecule has 0 saturated carbocycles. The number of hydrogen-bond acceptors (Lipinski definition) is 5. The zero-order chi connectivity index (χ0) is 20.0. The summed E-state index contributed by atoms with van der Waals surface area (Å²) in [4.78, 5) is 26.6. The highest BCUT2D eigenvalue weighted by Crippen LogP contribution is 2.39. The van der Waals surface area contributed by atoms with Gasteiger partial charge in [-0.15, -0.1) is 0 Å². The van der Waals surface area contributed by atoms with Crippen LogP contribution in [0.5, 0.6) is 17.2 Å². The van der Waals surface area contributed by atoms with Crippen LogP contribution in [-0.4, -0.2) is 39.7 Å². The SMILES string of the molecule is CCN(C(=O)C(=O)Nc1cc(OC)c(OC)c(OC)c1)c1cccc(C)c1. The van der Waals surface area contributed by atoms with Crippen LogP contribution in [0, 0.1) is 6.92 Å². The molecular weight excluding hydrogens is 348 g/mol. The van der Waals surface area contributed by atoms with E-state index in [-0.39, 0.29) is 0 Å². The second-order valence-electron chi connectivity index (χ2n) is 5.76. The van der Waals surface area contributed by atoms with Gasteiger partial charge >= 0.3 is 11.8 Å². The molecule has 7 heteroatoms. The van der Waals surface area contributed by atoms with Crippen molar-refractivity contribution in [1.29, 1.82) is 0 Å². The van der Waals surface area contributed by atoms with E-state index in [9.17, 15) is 9.59 Å². The monoisotopic (exact) mass is 372 g/mol. The quantitative estimate of drug-likeness (QED) is 0.789. The first-order chi connectivity index (χ1) is 12.9. The molecule has 0 heterocycles. The summed E-state index contributed by atoms with van der Waals surface area (Å²) in [6.07, 6.45) is 0. The molecule has 0 saturated heterocycles. The Bertz CT molecular complexity index is 810. The molecule has 0 spiro atoms. The fourth-order valence-corrected chi connectivity index (χ4v) is 2.70. The van der Waals surface area contributed by atoms with Crippen molar-refractivity contribution >= 4 is 23.2 Å². The van der Waals surface area contributed by atoms with E-state index in [0.29, 0.717) is 35.2 Å². The predicted molar refractivity (Wildman–Crippen MR) is 104 cm³/mol. The molecule has 2 rings (SSSR count). The normalized spacial score (nSPS) is 10.1. The largest absolute Gasteiger partial charge is 0.493 e. The molecule has 0 fully saturated rings. The highest BCUT2D eigenvalue weighted by molar-refractivity contribution is 6.44. The molecule has 0 atom stereocenters. The molecule has 0 radical (unpaired) electrons. The minimum absolute atomic E-state index is 0.364. The van der Waals surface area contributed by atoms with Crippen molar-refractivity contribution in [2.75, 3.05) is 38.1 Å². The molecule has 1 N–H and O–H groups in total. The van der Waals surface area contributed by atoms with Gasteiger partial charge in [-0.1, -0.05) is 12.1 Å². The van der Waals surface area contributed by atoms with Crippen molar-refractivity contribution in [2.24, 2.45) is 0 Å². The Morgan fingerprint density at radius 1 is 1.00 bits per heavy atom. The smallest absolute Gasteiger partial charge is 0.316 e. The number of likely N-dealkylation sites (N-methyl/N-ethyl adjacent to an activating group) is 1. The fourth-order valence-electron chi connectivity index (χ4n) is 2.70.